The van der Waals surface area contributed by atoms with Crippen molar-refractivity contribution >= 4 is 6.03 Å². The van der Waals surface area contributed by atoms with Crippen molar-refractivity contribution in [3.05, 3.63) is 29.6 Å². The van der Waals surface area contributed by atoms with Gasteiger partial charge in [0.15, 0.2) is 0 Å². The third-order valence-electron chi connectivity index (χ3n) is 3.88. The molecule has 3 N–H and O–H groups in total. The molecule has 1 atom stereocenters. The number of carbonyl (C=O) groups excluding carboxylic acids is 1. The third-order valence-corrected chi connectivity index (χ3v) is 3.88. The van der Waals surface area contributed by atoms with Gasteiger partial charge in [0.2, 0.25) is 0 Å². The highest BCUT2D eigenvalue weighted by atomic mass is 19.1. The number of methoxy groups -OCH3 is 1. The molecule has 0 radical (unpaired) electrons. The Morgan fingerprint density at radius 1 is 1.52 bits per heavy atom. The first-order valence-electron chi connectivity index (χ1n) is 7.04. The largest absolute Gasteiger partial charge is 0.496 e. The molecule has 2 rings (SSSR count). The van der Waals surface area contributed by atoms with Gasteiger partial charge in [0.1, 0.15) is 11.6 Å². The van der Waals surface area contributed by atoms with Crippen molar-refractivity contribution in [3.8, 4) is 5.75 Å². The molecule has 0 heterocycles. The van der Waals surface area contributed by atoms with Crippen LogP contribution in [0, 0.1) is 5.82 Å². The maximum atomic E-state index is 13.9. The van der Waals surface area contributed by atoms with Crippen molar-refractivity contribution in [3.63, 3.8) is 0 Å². The number of carbonyl (C=O) groups is 1. The molecule has 6 heteroatoms. The molecule has 1 aliphatic rings. The van der Waals surface area contributed by atoms with E-state index in [0.717, 1.165) is 6.42 Å². The Hall–Kier alpha value is -1.82. The summed E-state index contributed by atoms with van der Waals surface area (Å²) in [7, 11) is 1.46. The Balaban J connectivity index is 1.94. The summed E-state index contributed by atoms with van der Waals surface area (Å²) in [6, 6.07) is 3.54. The molecule has 1 aliphatic carbocycles. The number of rotatable bonds is 5. The molecule has 0 saturated heterocycles. The zero-order valence-electron chi connectivity index (χ0n) is 12.3. The fourth-order valence-corrected chi connectivity index (χ4v) is 2.44. The van der Waals surface area contributed by atoms with Crippen molar-refractivity contribution < 1.29 is 19.0 Å². The Labute approximate surface area is 123 Å². The number of hydrogen-bond acceptors (Lipinski definition) is 3. The lowest BCUT2D eigenvalue weighted by molar-refractivity contribution is -0.0290. The van der Waals surface area contributed by atoms with Crippen LogP contribution in [0.15, 0.2) is 18.2 Å². The number of aliphatic hydroxyl groups is 1. The van der Waals surface area contributed by atoms with Gasteiger partial charge < -0.3 is 20.5 Å². The lowest BCUT2D eigenvalue weighted by atomic mass is 9.80. The van der Waals surface area contributed by atoms with Crippen molar-refractivity contribution in [1.29, 1.82) is 0 Å². The van der Waals surface area contributed by atoms with Crippen molar-refractivity contribution in [2.24, 2.45) is 0 Å². The molecule has 0 aliphatic heterocycles. The molecule has 0 bridgehead atoms. The Morgan fingerprint density at radius 3 is 2.81 bits per heavy atom. The molecule has 116 valence electrons. The van der Waals surface area contributed by atoms with Gasteiger partial charge in [-0.05, 0) is 38.3 Å². The molecule has 1 aromatic carbocycles. The SMILES string of the molecule is COc1cccc(F)c1C(C)NC(=O)NCC1(O)CCC1. The number of amides is 2. The molecular formula is C15H21FN2O3. The van der Waals surface area contributed by atoms with Gasteiger partial charge >= 0.3 is 6.03 Å². The highest BCUT2D eigenvalue weighted by Crippen LogP contribution is 2.30. The van der Waals surface area contributed by atoms with E-state index in [-0.39, 0.29) is 6.54 Å². The van der Waals surface area contributed by atoms with E-state index in [2.05, 4.69) is 10.6 Å². The number of urea groups is 1. The summed E-state index contributed by atoms with van der Waals surface area (Å²) in [6.45, 7) is 1.89. The number of nitrogens with one attached hydrogen (secondary N) is 2. The molecule has 0 spiro atoms. The zero-order valence-corrected chi connectivity index (χ0v) is 12.3. The predicted octanol–water partition coefficient (Wildman–Crippen LogP) is 2.11. The Bertz CT molecular complexity index is 518. The van der Waals surface area contributed by atoms with Gasteiger partial charge in [-0.2, -0.15) is 0 Å². The summed E-state index contributed by atoms with van der Waals surface area (Å²) in [5.74, 6) is -0.0415. The fraction of sp³-hybridized carbons (Fsp3) is 0.533. The van der Waals surface area contributed by atoms with E-state index in [1.54, 1.807) is 19.1 Å². The second-order valence-corrected chi connectivity index (χ2v) is 5.48. The molecule has 21 heavy (non-hydrogen) atoms. The maximum Gasteiger partial charge on any atom is 0.315 e. The average molecular weight is 296 g/mol. The summed E-state index contributed by atoms with van der Waals surface area (Å²) in [6.07, 6.45) is 2.37. The Kier molecular flexibility index (Phi) is 4.67. The second-order valence-electron chi connectivity index (χ2n) is 5.48. The van der Waals surface area contributed by atoms with Crippen LogP contribution in [-0.4, -0.2) is 30.4 Å². The van der Waals surface area contributed by atoms with Crippen molar-refractivity contribution in [1.82, 2.24) is 10.6 Å². The minimum absolute atomic E-state index is 0.208. The molecule has 5 nitrogen and oxygen atoms in total. The van der Waals surface area contributed by atoms with E-state index in [0.29, 0.717) is 24.2 Å². The normalized spacial score (nSPS) is 17.5. The second kappa shape index (κ2) is 6.30. The van der Waals surface area contributed by atoms with Crippen LogP contribution in [0.25, 0.3) is 0 Å². The average Bonchev–Trinajstić information content (AvgIpc) is 2.42. The molecular weight excluding hydrogens is 275 g/mol. The molecule has 0 aromatic heterocycles. The summed E-state index contributed by atoms with van der Waals surface area (Å²) in [4.78, 5) is 11.8. The van der Waals surface area contributed by atoms with Crippen LogP contribution in [0.1, 0.15) is 37.8 Å². The fourth-order valence-electron chi connectivity index (χ4n) is 2.44. The first-order chi connectivity index (χ1) is 9.95. The monoisotopic (exact) mass is 296 g/mol. The number of halogens is 1. The zero-order chi connectivity index (χ0) is 15.5. The van der Waals surface area contributed by atoms with Gasteiger partial charge in [-0.25, -0.2) is 9.18 Å². The van der Waals surface area contributed by atoms with Crippen LogP contribution in [0.3, 0.4) is 0 Å². The molecule has 2 amide bonds. The van der Waals surface area contributed by atoms with E-state index in [4.69, 9.17) is 4.74 Å². The van der Waals surface area contributed by atoms with Gasteiger partial charge in [-0.3, -0.25) is 0 Å². The van der Waals surface area contributed by atoms with Gasteiger partial charge in [-0.15, -0.1) is 0 Å². The molecule has 1 fully saturated rings. The first kappa shape index (κ1) is 15.6. The smallest absolute Gasteiger partial charge is 0.315 e. The van der Waals surface area contributed by atoms with Crippen LogP contribution < -0.4 is 15.4 Å². The highest BCUT2D eigenvalue weighted by Gasteiger charge is 2.34. The number of hydrogen-bond donors (Lipinski definition) is 3. The molecule has 1 saturated carbocycles. The topological polar surface area (TPSA) is 70.6 Å². The van der Waals surface area contributed by atoms with Crippen LogP contribution in [0.4, 0.5) is 9.18 Å². The minimum Gasteiger partial charge on any atom is -0.496 e. The van der Waals surface area contributed by atoms with Crippen LogP contribution in [0.2, 0.25) is 0 Å². The van der Waals surface area contributed by atoms with Gasteiger partial charge in [0, 0.05) is 6.54 Å². The van der Waals surface area contributed by atoms with Crippen LogP contribution in [-0.2, 0) is 0 Å². The highest BCUT2D eigenvalue weighted by molar-refractivity contribution is 5.74. The predicted molar refractivity (Wildman–Crippen MR) is 76.7 cm³/mol. The van der Waals surface area contributed by atoms with E-state index in [1.165, 1.54) is 13.2 Å². The minimum atomic E-state index is -0.781. The van der Waals surface area contributed by atoms with Crippen molar-refractivity contribution in [2.75, 3.05) is 13.7 Å². The van der Waals surface area contributed by atoms with Crippen LogP contribution >= 0.6 is 0 Å². The van der Waals surface area contributed by atoms with E-state index in [1.807, 2.05) is 0 Å². The van der Waals surface area contributed by atoms with E-state index in [9.17, 15) is 14.3 Å². The summed E-state index contributed by atoms with van der Waals surface area (Å²) < 4.78 is 19.0. The maximum absolute atomic E-state index is 13.9. The Morgan fingerprint density at radius 2 is 2.24 bits per heavy atom. The van der Waals surface area contributed by atoms with Crippen molar-refractivity contribution in [2.45, 2.75) is 37.8 Å². The van der Waals surface area contributed by atoms with Gasteiger partial charge in [0.25, 0.3) is 0 Å². The lowest BCUT2D eigenvalue weighted by Crippen LogP contribution is -2.50. The summed E-state index contributed by atoms with van der Waals surface area (Å²) in [5.41, 5.74) is -0.478. The first-order valence-corrected chi connectivity index (χ1v) is 7.04. The molecule has 1 aromatic rings. The summed E-state index contributed by atoms with van der Waals surface area (Å²) in [5, 5.41) is 15.2. The lowest BCUT2D eigenvalue weighted by Gasteiger charge is -2.36. The van der Waals surface area contributed by atoms with E-state index >= 15 is 0 Å². The van der Waals surface area contributed by atoms with Gasteiger partial charge in [-0.1, -0.05) is 6.07 Å². The quantitative estimate of drug-likeness (QED) is 0.779. The van der Waals surface area contributed by atoms with E-state index < -0.39 is 23.5 Å². The van der Waals surface area contributed by atoms with Crippen LogP contribution in [0.5, 0.6) is 5.75 Å². The number of ether oxygens (including phenoxy) is 1. The summed E-state index contributed by atoms with van der Waals surface area (Å²) >= 11 is 0. The molecule has 1 unspecified atom stereocenters. The standard InChI is InChI=1S/C15H21FN2O3/c1-10(13-11(16)5-3-6-12(13)21-2)18-14(19)17-9-15(20)7-4-8-15/h3,5-6,10,20H,4,7-9H2,1-2H3,(H2,17,18,19). The van der Waals surface area contributed by atoms with Gasteiger partial charge in [0.05, 0.1) is 24.3 Å². The third kappa shape index (κ3) is 3.64. The number of benzene rings is 1.